The first-order valence-corrected chi connectivity index (χ1v) is 5.75. The van der Waals surface area contributed by atoms with Crippen LogP contribution in [0.4, 0.5) is 4.39 Å². The average Bonchev–Trinajstić information content (AvgIpc) is 2.26. The van der Waals surface area contributed by atoms with E-state index in [1.165, 1.54) is 13.2 Å². The van der Waals surface area contributed by atoms with Gasteiger partial charge >= 0.3 is 0 Å². The first kappa shape index (κ1) is 13.0. The lowest BCUT2D eigenvalue weighted by Gasteiger charge is -2.11. The van der Waals surface area contributed by atoms with E-state index in [-0.39, 0.29) is 17.6 Å². The van der Waals surface area contributed by atoms with Crippen molar-refractivity contribution in [2.24, 2.45) is 5.73 Å². The van der Waals surface area contributed by atoms with Crippen molar-refractivity contribution in [2.75, 3.05) is 7.11 Å². The number of hydrogen-bond donors (Lipinski definition) is 1. The molecule has 0 fully saturated rings. The molecule has 0 radical (unpaired) electrons. The Morgan fingerprint density at radius 2 is 2.19 bits per heavy atom. The highest BCUT2D eigenvalue weighted by Gasteiger charge is 2.07. The standard InChI is InChI=1S/C13H20FNO/c1-3-4-5-11(15)8-10-6-7-13(16-2)12(14)9-10/h6-7,9,11H,3-5,8,15H2,1-2H3. The zero-order valence-corrected chi connectivity index (χ0v) is 10.0. The van der Waals surface area contributed by atoms with Crippen LogP contribution in [0.3, 0.4) is 0 Å². The lowest BCUT2D eigenvalue weighted by molar-refractivity contribution is 0.386. The van der Waals surface area contributed by atoms with Gasteiger partial charge in [-0.2, -0.15) is 0 Å². The SMILES string of the molecule is CCCCC(N)Cc1ccc(OC)c(F)c1. The highest BCUT2D eigenvalue weighted by molar-refractivity contribution is 5.29. The van der Waals surface area contributed by atoms with Crippen LogP contribution in [0.15, 0.2) is 18.2 Å². The molecule has 2 N–H and O–H groups in total. The Balaban J connectivity index is 2.57. The van der Waals surface area contributed by atoms with Gasteiger partial charge in [0.2, 0.25) is 0 Å². The zero-order chi connectivity index (χ0) is 12.0. The van der Waals surface area contributed by atoms with Gasteiger partial charge < -0.3 is 10.5 Å². The average molecular weight is 225 g/mol. The van der Waals surface area contributed by atoms with Gasteiger partial charge in [-0.25, -0.2) is 4.39 Å². The highest BCUT2D eigenvalue weighted by atomic mass is 19.1. The maximum absolute atomic E-state index is 13.4. The van der Waals surface area contributed by atoms with Gasteiger partial charge in [0.15, 0.2) is 11.6 Å². The lowest BCUT2D eigenvalue weighted by Crippen LogP contribution is -2.22. The summed E-state index contributed by atoms with van der Waals surface area (Å²) >= 11 is 0. The molecule has 16 heavy (non-hydrogen) atoms. The Morgan fingerprint density at radius 3 is 2.75 bits per heavy atom. The molecule has 0 aliphatic rings. The van der Waals surface area contributed by atoms with Gasteiger partial charge in [0.05, 0.1) is 7.11 Å². The molecule has 0 aromatic heterocycles. The summed E-state index contributed by atoms with van der Waals surface area (Å²) in [4.78, 5) is 0. The van der Waals surface area contributed by atoms with Crippen molar-refractivity contribution in [3.05, 3.63) is 29.6 Å². The molecule has 1 rings (SSSR count). The second kappa shape index (κ2) is 6.48. The molecule has 0 spiro atoms. The Labute approximate surface area is 96.6 Å². The van der Waals surface area contributed by atoms with E-state index < -0.39 is 0 Å². The smallest absolute Gasteiger partial charge is 0.165 e. The van der Waals surface area contributed by atoms with Gasteiger partial charge in [-0.05, 0) is 30.5 Å². The van der Waals surface area contributed by atoms with Gasteiger partial charge in [0.1, 0.15) is 0 Å². The maximum atomic E-state index is 13.4. The molecular formula is C13H20FNO. The van der Waals surface area contributed by atoms with E-state index in [9.17, 15) is 4.39 Å². The van der Waals surface area contributed by atoms with Crippen molar-refractivity contribution in [3.8, 4) is 5.75 Å². The second-order valence-corrected chi connectivity index (χ2v) is 4.08. The fourth-order valence-corrected chi connectivity index (χ4v) is 1.71. The number of halogens is 1. The van der Waals surface area contributed by atoms with E-state index in [0.717, 1.165) is 31.2 Å². The number of unbranched alkanes of at least 4 members (excludes halogenated alkanes) is 1. The minimum absolute atomic E-state index is 0.118. The Kier molecular flexibility index (Phi) is 5.26. The molecule has 1 aromatic rings. The van der Waals surface area contributed by atoms with E-state index in [1.54, 1.807) is 6.07 Å². The first-order valence-electron chi connectivity index (χ1n) is 5.75. The number of rotatable bonds is 6. The highest BCUT2D eigenvalue weighted by Crippen LogP contribution is 2.18. The van der Waals surface area contributed by atoms with E-state index >= 15 is 0 Å². The molecule has 0 saturated carbocycles. The third kappa shape index (κ3) is 3.81. The Bertz CT molecular complexity index is 328. The van der Waals surface area contributed by atoms with E-state index in [2.05, 4.69) is 6.92 Å². The summed E-state index contributed by atoms with van der Waals surface area (Å²) in [6.45, 7) is 2.14. The van der Waals surface area contributed by atoms with Gasteiger partial charge in [0, 0.05) is 6.04 Å². The normalized spacial score (nSPS) is 12.5. The molecule has 0 heterocycles. The summed E-state index contributed by atoms with van der Waals surface area (Å²) < 4.78 is 18.3. The molecule has 3 heteroatoms. The minimum Gasteiger partial charge on any atom is -0.494 e. The number of benzene rings is 1. The molecule has 1 atom stereocenters. The minimum atomic E-state index is -0.317. The van der Waals surface area contributed by atoms with Crippen LogP contribution in [-0.2, 0) is 6.42 Å². The summed E-state index contributed by atoms with van der Waals surface area (Å²) in [7, 11) is 1.46. The number of ether oxygens (including phenoxy) is 1. The summed E-state index contributed by atoms with van der Waals surface area (Å²) in [5.74, 6) is -0.0337. The van der Waals surface area contributed by atoms with Crippen LogP contribution in [0.25, 0.3) is 0 Å². The van der Waals surface area contributed by atoms with E-state index in [4.69, 9.17) is 10.5 Å². The molecule has 90 valence electrons. The van der Waals surface area contributed by atoms with Crippen LogP contribution in [0, 0.1) is 5.82 Å². The predicted octanol–water partition coefficient (Wildman–Crippen LogP) is 2.89. The van der Waals surface area contributed by atoms with Gasteiger partial charge in [-0.1, -0.05) is 25.8 Å². The van der Waals surface area contributed by atoms with Crippen molar-refractivity contribution in [3.63, 3.8) is 0 Å². The topological polar surface area (TPSA) is 35.2 Å². The van der Waals surface area contributed by atoms with Crippen molar-refractivity contribution in [1.29, 1.82) is 0 Å². The van der Waals surface area contributed by atoms with Crippen LogP contribution < -0.4 is 10.5 Å². The summed E-state index contributed by atoms with van der Waals surface area (Å²) in [6.07, 6.45) is 3.98. The van der Waals surface area contributed by atoms with Gasteiger partial charge in [0.25, 0.3) is 0 Å². The molecule has 0 aliphatic heterocycles. The Morgan fingerprint density at radius 1 is 1.44 bits per heavy atom. The van der Waals surface area contributed by atoms with E-state index in [0.29, 0.717) is 0 Å². The van der Waals surface area contributed by atoms with Crippen LogP contribution >= 0.6 is 0 Å². The van der Waals surface area contributed by atoms with Gasteiger partial charge in [-0.15, -0.1) is 0 Å². The summed E-state index contributed by atoms with van der Waals surface area (Å²) in [6, 6.07) is 5.14. The molecule has 1 aromatic carbocycles. The summed E-state index contributed by atoms with van der Waals surface area (Å²) in [5.41, 5.74) is 6.89. The van der Waals surface area contributed by atoms with Crippen molar-refractivity contribution in [2.45, 2.75) is 38.6 Å². The zero-order valence-electron chi connectivity index (χ0n) is 10.0. The molecule has 1 unspecified atom stereocenters. The number of methoxy groups -OCH3 is 1. The third-order valence-electron chi connectivity index (χ3n) is 2.64. The monoisotopic (exact) mass is 225 g/mol. The van der Waals surface area contributed by atoms with Crippen molar-refractivity contribution in [1.82, 2.24) is 0 Å². The van der Waals surface area contributed by atoms with Crippen molar-refractivity contribution >= 4 is 0 Å². The van der Waals surface area contributed by atoms with E-state index in [1.807, 2.05) is 6.07 Å². The molecule has 0 aliphatic carbocycles. The fraction of sp³-hybridized carbons (Fsp3) is 0.538. The quantitative estimate of drug-likeness (QED) is 0.808. The van der Waals surface area contributed by atoms with Crippen LogP contribution in [0.2, 0.25) is 0 Å². The van der Waals surface area contributed by atoms with Crippen molar-refractivity contribution < 1.29 is 9.13 Å². The fourth-order valence-electron chi connectivity index (χ4n) is 1.71. The number of nitrogens with two attached hydrogens (primary N) is 1. The molecular weight excluding hydrogens is 205 g/mol. The van der Waals surface area contributed by atoms with Crippen LogP contribution in [0.1, 0.15) is 31.7 Å². The number of hydrogen-bond acceptors (Lipinski definition) is 2. The first-order chi connectivity index (χ1) is 7.67. The maximum Gasteiger partial charge on any atom is 0.165 e. The summed E-state index contributed by atoms with van der Waals surface area (Å²) in [5, 5.41) is 0. The predicted molar refractivity (Wildman–Crippen MR) is 64.2 cm³/mol. The second-order valence-electron chi connectivity index (χ2n) is 4.08. The molecule has 0 amide bonds. The molecule has 2 nitrogen and oxygen atoms in total. The van der Waals surface area contributed by atoms with Crippen LogP contribution in [0.5, 0.6) is 5.75 Å². The Hall–Kier alpha value is -1.09. The molecule has 0 saturated heterocycles. The van der Waals surface area contributed by atoms with Gasteiger partial charge in [-0.3, -0.25) is 0 Å². The largest absolute Gasteiger partial charge is 0.494 e. The lowest BCUT2D eigenvalue weighted by atomic mass is 10.0. The molecule has 0 bridgehead atoms. The third-order valence-corrected chi connectivity index (χ3v) is 2.64. The van der Waals surface area contributed by atoms with Crippen LogP contribution in [-0.4, -0.2) is 13.2 Å².